The third-order valence-electron chi connectivity index (χ3n) is 2.16. The van der Waals surface area contributed by atoms with E-state index in [1.807, 2.05) is 32.9 Å². The SMILES string of the molecule is CCOCC(C)Oc1ncccc1[C@@H](C)N. The molecule has 1 aromatic rings. The van der Waals surface area contributed by atoms with Crippen molar-refractivity contribution in [2.75, 3.05) is 13.2 Å². The normalized spacial score (nSPS) is 14.5. The summed E-state index contributed by atoms with van der Waals surface area (Å²) in [6.45, 7) is 7.08. The van der Waals surface area contributed by atoms with Gasteiger partial charge in [0.05, 0.1) is 6.61 Å². The minimum Gasteiger partial charge on any atom is -0.472 e. The number of ether oxygens (including phenoxy) is 2. The molecule has 0 aliphatic carbocycles. The molecule has 0 amide bonds. The van der Waals surface area contributed by atoms with Crippen LogP contribution in [0.4, 0.5) is 0 Å². The highest BCUT2D eigenvalue weighted by Gasteiger charge is 2.11. The predicted octanol–water partition coefficient (Wildman–Crippen LogP) is 1.91. The molecule has 2 atom stereocenters. The van der Waals surface area contributed by atoms with Gasteiger partial charge in [0, 0.05) is 24.4 Å². The Morgan fingerprint density at radius 3 is 2.81 bits per heavy atom. The van der Waals surface area contributed by atoms with E-state index in [2.05, 4.69) is 4.98 Å². The van der Waals surface area contributed by atoms with Crippen LogP contribution in [0.2, 0.25) is 0 Å². The van der Waals surface area contributed by atoms with Gasteiger partial charge in [-0.15, -0.1) is 0 Å². The average molecular weight is 224 g/mol. The Labute approximate surface area is 96.8 Å². The first-order chi connectivity index (χ1) is 7.65. The number of hydrogen-bond donors (Lipinski definition) is 1. The number of rotatable bonds is 6. The van der Waals surface area contributed by atoms with Crippen molar-refractivity contribution in [1.29, 1.82) is 0 Å². The monoisotopic (exact) mass is 224 g/mol. The van der Waals surface area contributed by atoms with E-state index in [-0.39, 0.29) is 12.1 Å². The fourth-order valence-corrected chi connectivity index (χ4v) is 1.36. The van der Waals surface area contributed by atoms with Crippen LogP contribution < -0.4 is 10.5 Å². The quantitative estimate of drug-likeness (QED) is 0.802. The third-order valence-corrected chi connectivity index (χ3v) is 2.16. The van der Waals surface area contributed by atoms with E-state index in [4.69, 9.17) is 15.2 Å². The zero-order chi connectivity index (χ0) is 12.0. The van der Waals surface area contributed by atoms with Crippen LogP contribution in [-0.4, -0.2) is 24.3 Å². The molecule has 0 saturated carbocycles. The van der Waals surface area contributed by atoms with Gasteiger partial charge >= 0.3 is 0 Å². The van der Waals surface area contributed by atoms with Crippen molar-refractivity contribution in [3.8, 4) is 5.88 Å². The molecule has 16 heavy (non-hydrogen) atoms. The Balaban J connectivity index is 2.65. The van der Waals surface area contributed by atoms with E-state index < -0.39 is 0 Å². The molecule has 1 unspecified atom stereocenters. The topological polar surface area (TPSA) is 57.4 Å². The van der Waals surface area contributed by atoms with E-state index in [1.54, 1.807) is 6.20 Å². The lowest BCUT2D eigenvalue weighted by molar-refractivity contribution is 0.0626. The van der Waals surface area contributed by atoms with E-state index in [0.717, 1.165) is 5.56 Å². The fraction of sp³-hybridized carbons (Fsp3) is 0.583. The van der Waals surface area contributed by atoms with Gasteiger partial charge in [0.1, 0.15) is 6.10 Å². The molecule has 2 N–H and O–H groups in total. The summed E-state index contributed by atoms with van der Waals surface area (Å²) in [5, 5.41) is 0. The first kappa shape index (κ1) is 12.9. The Bertz CT molecular complexity index is 316. The van der Waals surface area contributed by atoms with Crippen LogP contribution in [0.25, 0.3) is 0 Å². The van der Waals surface area contributed by atoms with Gasteiger partial charge in [0.2, 0.25) is 5.88 Å². The first-order valence-electron chi connectivity index (χ1n) is 5.60. The van der Waals surface area contributed by atoms with E-state index in [0.29, 0.717) is 19.1 Å². The Morgan fingerprint density at radius 2 is 2.19 bits per heavy atom. The van der Waals surface area contributed by atoms with Gasteiger partial charge in [0.15, 0.2) is 0 Å². The molecule has 1 rings (SSSR count). The average Bonchev–Trinajstić information content (AvgIpc) is 2.27. The third kappa shape index (κ3) is 3.79. The van der Waals surface area contributed by atoms with Crippen LogP contribution >= 0.6 is 0 Å². The van der Waals surface area contributed by atoms with E-state index in [9.17, 15) is 0 Å². The summed E-state index contributed by atoms with van der Waals surface area (Å²) < 4.78 is 11.0. The molecule has 1 heterocycles. The van der Waals surface area contributed by atoms with Crippen LogP contribution in [0.3, 0.4) is 0 Å². The van der Waals surface area contributed by atoms with Gasteiger partial charge in [-0.3, -0.25) is 0 Å². The number of aromatic nitrogens is 1. The van der Waals surface area contributed by atoms with Crippen LogP contribution in [0.1, 0.15) is 32.4 Å². The standard InChI is InChI=1S/C12H20N2O2/c1-4-15-8-9(2)16-12-11(10(3)13)6-5-7-14-12/h5-7,9-10H,4,8,13H2,1-3H3/t9?,10-/m1/s1. The number of pyridine rings is 1. The van der Waals surface area contributed by atoms with Crippen molar-refractivity contribution in [2.24, 2.45) is 5.73 Å². The van der Waals surface area contributed by atoms with Crippen molar-refractivity contribution < 1.29 is 9.47 Å². The number of nitrogens with zero attached hydrogens (tertiary/aromatic N) is 1. The van der Waals surface area contributed by atoms with Gasteiger partial charge in [-0.2, -0.15) is 0 Å². The maximum atomic E-state index is 5.84. The zero-order valence-electron chi connectivity index (χ0n) is 10.1. The Kier molecular flexibility index (Phi) is 5.22. The van der Waals surface area contributed by atoms with Crippen LogP contribution in [-0.2, 0) is 4.74 Å². The lowest BCUT2D eigenvalue weighted by atomic mass is 10.1. The summed E-state index contributed by atoms with van der Waals surface area (Å²) in [5.74, 6) is 0.602. The van der Waals surface area contributed by atoms with Crippen molar-refractivity contribution in [2.45, 2.75) is 32.9 Å². The lowest BCUT2D eigenvalue weighted by Crippen LogP contribution is -2.21. The van der Waals surface area contributed by atoms with Gasteiger partial charge in [-0.25, -0.2) is 4.98 Å². The molecule has 0 aliphatic heterocycles. The molecule has 4 heteroatoms. The highest BCUT2D eigenvalue weighted by molar-refractivity contribution is 5.28. The molecule has 0 saturated heterocycles. The van der Waals surface area contributed by atoms with Crippen LogP contribution in [0, 0.1) is 0 Å². The van der Waals surface area contributed by atoms with Crippen LogP contribution in [0.15, 0.2) is 18.3 Å². The second kappa shape index (κ2) is 6.45. The van der Waals surface area contributed by atoms with E-state index in [1.165, 1.54) is 0 Å². The minimum absolute atomic E-state index is 0.0210. The molecule has 4 nitrogen and oxygen atoms in total. The van der Waals surface area contributed by atoms with Gasteiger partial charge < -0.3 is 15.2 Å². The number of hydrogen-bond acceptors (Lipinski definition) is 4. The molecule has 0 aromatic carbocycles. The summed E-state index contributed by atoms with van der Waals surface area (Å²) in [5.41, 5.74) is 6.76. The van der Waals surface area contributed by atoms with Crippen molar-refractivity contribution in [3.63, 3.8) is 0 Å². The van der Waals surface area contributed by atoms with Crippen molar-refractivity contribution >= 4 is 0 Å². The maximum Gasteiger partial charge on any atom is 0.218 e. The summed E-state index contributed by atoms with van der Waals surface area (Å²) >= 11 is 0. The van der Waals surface area contributed by atoms with Gasteiger partial charge in [-0.05, 0) is 26.8 Å². The summed E-state index contributed by atoms with van der Waals surface area (Å²) in [7, 11) is 0. The molecule has 0 spiro atoms. The number of nitrogens with two attached hydrogens (primary N) is 1. The van der Waals surface area contributed by atoms with Gasteiger partial charge in [0.25, 0.3) is 0 Å². The summed E-state index contributed by atoms with van der Waals surface area (Å²) in [6, 6.07) is 3.71. The smallest absolute Gasteiger partial charge is 0.218 e. The summed E-state index contributed by atoms with van der Waals surface area (Å²) in [6.07, 6.45) is 1.68. The molecule has 90 valence electrons. The molecular weight excluding hydrogens is 204 g/mol. The Morgan fingerprint density at radius 1 is 1.44 bits per heavy atom. The van der Waals surface area contributed by atoms with Crippen LogP contribution in [0.5, 0.6) is 5.88 Å². The second-order valence-electron chi connectivity index (χ2n) is 3.77. The molecule has 0 aliphatic rings. The van der Waals surface area contributed by atoms with E-state index >= 15 is 0 Å². The molecule has 0 fully saturated rings. The lowest BCUT2D eigenvalue weighted by Gasteiger charge is -2.17. The van der Waals surface area contributed by atoms with Crippen molar-refractivity contribution in [3.05, 3.63) is 23.9 Å². The Hall–Kier alpha value is -1.13. The fourth-order valence-electron chi connectivity index (χ4n) is 1.36. The molecular formula is C12H20N2O2. The predicted molar refractivity (Wildman–Crippen MR) is 63.4 cm³/mol. The maximum absolute atomic E-state index is 5.84. The largest absolute Gasteiger partial charge is 0.472 e. The second-order valence-corrected chi connectivity index (χ2v) is 3.77. The summed E-state index contributed by atoms with van der Waals surface area (Å²) in [4.78, 5) is 4.19. The molecule has 0 radical (unpaired) electrons. The molecule has 1 aromatic heterocycles. The minimum atomic E-state index is -0.0806. The van der Waals surface area contributed by atoms with Gasteiger partial charge in [-0.1, -0.05) is 6.07 Å². The highest BCUT2D eigenvalue weighted by Crippen LogP contribution is 2.21. The van der Waals surface area contributed by atoms with Crippen molar-refractivity contribution in [1.82, 2.24) is 4.98 Å². The highest BCUT2D eigenvalue weighted by atomic mass is 16.5. The molecule has 0 bridgehead atoms. The first-order valence-corrected chi connectivity index (χ1v) is 5.60. The zero-order valence-corrected chi connectivity index (χ0v) is 10.1.